The van der Waals surface area contributed by atoms with Crippen LogP contribution < -0.4 is 15.2 Å². The molecule has 1 aliphatic rings. The van der Waals surface area contributed by atoms with Crippen LogP contribution in [0.2, 0.25) is 0 Å². The molecule has 0 saturated heterocycles. The number of primary amides is 1. The number of aliphatic hydroxyl groups is 1. The molecule has 0 radical (unpaired) electrons. The van der Waals surface area contributed by atoms with Crippen LogP contribution in [0.4, 0.5) is 4.79 Å². The van der Waals surface area contributed by atoms with Gasteiger partial charge in [-0.2, -0.15) is 0 Å². The average molecular weight is 623 g/mol. The number of amides is 2. The molecule has 44 heavy (non-hydrogen) atoms. The third kappa shape index (κ3) is 9.30. The van der Waals surface area contributed by atoms with E-state index in [9.17, 15) is 23.1 Å². The second kappa shape index (κ2) is 15.2. The van der Waals surface area contributed by atoms with Gasteiger partial charge in [-0.3, -0.25) is 4.79 Å². The van der Waals surface area contributed by atoms with Crippen LogP contribution in [0.15, 0.2) is 72.8 Å². The van der Waals surface area contributed by atoms with Crippen molar-refractivity contribution in [3.63, 3.8) is 0 Å². The van der Waals surface area contributed by atoms with Crippen molar-refractivity contribution in [1.82, 2.24) is 4.72 Å². The molecule has 0 aliphatic heterocycles. The van der Waals surface area contributed by atoms with E-state index in [1.165, 1.54) is 0 Å². The number of rotatable bonds is 13. The summed E-state index contributed by atoms with van der Waals surface area (Å²) >= 11 is 0. The highest BCUT2D eigenvalue weighted by molar-refractivity contribution is 7.90. The Morgan fingerprint density at radius 2 is 1.66 bits per heavy atom. The van der Waals surface area contributed by atoms with E-state index in [0.717, 1.165) is 48.8 Å². The van der Waals surface area contributed by atoms with Crippen molar-refractivity contribution >= 4 is 22.0 Å². The lowest BCUT2D eigenvalue weighted by Gasteiger charge is -2.23. The lowest BCUT2D eigenvalue weighted by molar-refractivity contribution is 0.000968. The summed E-state index contributed by atoms with van der Waals surface area (Å²) < 4.78 is 39.3. The summed E-state index contributed by atoms with van der Waals surface area (Å²) in [5, 5.41) is 10.9. The topological polar surface area (TPSA) is 145 Å². The number of aliphatic hydroxyl groups excluding tert-OH is 1. The Labute approximate surface area is 259 Å². The largest absolute Gasteiger partial charge is 0.490 e. The van der Waals surface area contributed by atoms with Crippen molar-refractivity contribution in [2.45, 2.75) is 77.1 Å². The molecule has 1 unspecified atom stereocenters. The Morgan fingerprint density at radius 1 is 0.977 bits per heavy atom. The normalized spacial score (nSPS) is 15.4. The quantitative estimate of drug-likeness (QED) is 0.215. The summed E-state index contributed by atoms with van der Waals surface area (Å²) in [7, 11) is -3.81. The highest BCUT2D eigenvalue weighted by Crippen LogP contribution is 2.33. The fourth-order valence-corrected chi connectivity index (χ4v) is 7.17. The van der Waals surface area contributed by atoms with E-state index in [1.54, 1.807) is 42.5 Å². The first-order chi connectivity index (χ1) is 21.0. The highest BCUT2D eigenvalue weighted by Gasteiger charge is 2.27. The van der Waals surface area contributed by atoms with Crippen molar-refractivity contribution in [2.75, 3.05) is 5.75 Å². The summed E-state index contributed by atoms with van der Waals surface area (Å²) in [6.07, 6.45) is 2.41. The zero-order valence-corrected chi connectivity index (χ0v) is 26.1. The monoisotopic (exact) mass is 622 g/mol. The number of hydrogen-bond donors (Lipinski definition) is 3. The molecule has 1 fully saturated rings. The predicted molar refractivity (Wildman–Crippen MR) is 170 cm³/mol. The van der Waals surface area contributed by atoms with Gasteiger partial charge in [0, 0.05) is 0 Å². The lowest BCUT2D eigenvalue weighted by Crippen LogP contribution is -2.35. The second-order valence-electron chi connectivity index (χ2n) is 11.6. The van der Waals surface area contributed by atoms with Gasteiger partial charge in [0.2, 0.25) is 10.0 Å². The predicted octanol–water partition coefficient (Wildman–Crippen LogP) is 5.91. The Bertz CT molecular complexity index is 1520. The molecule has 9 nitrogen and oxygen atoms in total. The SMILES string of the molecule is CC(C)Oc1cc(-c2ccccc2CCC(OC(N)=O)[C@H](O)c2ccccc2)ccc1C(=O)NS(=O)(=O)CC1CCCCC1. The molecule has 0 aromatic heterocycles. The maximum atomic E-state index is 13.2. The molecule has 1 saturated carbocycles. The summed E-state index contributed by atoms with van der Waals surface area (Å²) in [6.45, 7) is 3.66. The molecular weight excluding hydrogens is 580 g/mol. The van der Waals surface area contributed by atoms with Crippen LogP contribution in [0.25, 0.3) is 11.1 Å². The van der Waals surface area contributed by atoms with Crippen molar-refractivity contribution in [3.05, 3.63) is 89.5 Å². The zero-order valence-electron chi connectivity index (χ0n) is 25.3. The zero-order chi connectivity index (χ0) is 31.7. The van der Waals surface area contributed by atoms with Gasteiger partial charge in [0.1, 0.15) is 18.0 Å². The second-order valence-corrected chi connectivity index (χ2v) is 13.4. The van der Waals surface area contributed by atoms with Gasteiger partial charge in [-0.1, -0.05) is 79.9 Å². The first-order valence-corrected chi connectivity index (χ1v) is 16.8. The first-order valence-electron chi connectivity index (χ1n) is 15.2. The van der Waals surface area contributed by atoms with E-state index in [0.29, 0.717) is 18.4 Å². The van der Waals surface area contributed by atoms with Crippen LogP contribution in [0.5, 0.6) is 5.75 Å². The van der Waals surface area contributed by atoms with E-state index in [1.807, 2.05) is 44.2 Å². The van der Waals surface area contributed by atoms with E-state index < -0.39 is 34.2 Å². The van der Waals surface area contributed by atoms with Gasteiger partial charge in [-0.05, 0) is 79.8 Å². The van der Waals surface area contributed by atoms with Crippen LogP contribution >= 0.6 is 0 Å². The number of aryl methyl sites for hydroxylation is 1. The summed E-state index contributed by atoms with van der Waals surface area (Å²) in [6, 6.07) is 21.6. The molecule has 2 atom stereocenters. The number of nitrogens with two attached hydrogens (primary N) is 1. The summed E-state index contributed by atoms with van der Waals surface area (Å²) in [5.74, 6) is -0.463. The van der Waals surface area contributed by atoms with E-state index >= 15 is 0 Å². The number of ether oxygens (including phenoxy) is 2. The molecule has 3 aromatic carbocycles. The fraction of sp³-hybridized carbons (Fsp3) is 0.412. The standard InChI is InChI=1S/C34H42N2O7S/c1-23(2)42-31-21-27(17-19-29(31)33(38)36-44(40,41)22-24-11-5-3-6-12-24)28-16-10-9-13-25(28)18-20-30(43-34(35)39)32(37)26-14-7-4-8-15-26/h4,7-10,13-17,19,21,23-24,30,32,37H,3,5-6,11-12,18,20,22H2,1-2H3,(H2,35,39)(H,36,38)/t30?,32-/m1/s1. The van der Waals surface area contributed by atoms with Gasteiger partial charge in [0.05, 0.1) is 17.4 Å². The molecule has 2 amide bonds. The molecule has 0 heterocycles. The number of sulfonamides is 1. The number of benzene rings is 3. The van der Waals surface area contributed by atoms with Gasteiger partial charge in [-0.25, -0.2) is 17.9 Å². The molecule has 4 rings (SSSR count). The summed E-state index contributed by atoms with van der Waals surface area (Å²) in [5.41, 5.74) is 8.58. The third-order valence-corrected chi connectivity index (χ3v) is 9.21. The minimum absolute atomic E-state index is 0.0566. The maximum Gasteiger partial charge on any atom is 0.404 e. The first kappa shape index (κ1) is 33.0. The van der Waals surface area contributed by atoms with Crippen molar-refractivity contribution in [2.24, 2.45) is 11.7 Å². The minimum atomic E-state index is -3.81. The molecule has 0 bridgehead atoms. The van der Waals surface area contributed by atoms with Gasteiger partial charge in [0.25, 0.3) is 5.91 Å². The molecule has 4 N–H and O–H groups in total. The maximum absolute atomic E-state index is 13.2. The van der Waals surface area contributed by atoms with Crippen molar-refractivity contribution < 1.29 is 32.6 Å². The van der Waals surface area contributed by atoms with Crippen molar-refractivity contribution in [3.8, 4) is 16.9 Å². The van der Waals surface area contributed by atoms with Gasteiger partial charge >= 0.3 is 6.09 Å². The van der Waals surface area contributed by atoms with Crippen LogP contribution in [0.3, 0.4) is 0 Å². The molecular formula is C34H42N2O7S. The minimum Gasteiger partial charge on any atom is -0.490 e. The lowest BCUT2D eigenvalue weighted by atomic mass is 9.91. The Morgan fingerprint density at radius 3 is 2.34 bits per heavy atom. The Balaban J connectivity index is 1.56. The van der Waals surface area contributed by atoms with Crippen LogP contribution in [0.1, 0.15) is 80.0 Å². The Hall–Kier alpha value is -3.89. The molecule has 0 spiro atoms. The fourth-order valence-electron chi connectivity index (χ4n) is 5.74. The highest BCUT2D eigenvalue weighted by atomic mass is 32.2. The molecule has 10 heteroatoms. The van der Waals surface area contributed by atoms with E-state index in [4.69, 9.17) is 15.2 Å². The van der Waals surface area contributed by atoms with Crippen molar-refractivity contribution in [1.29, 1.82) is 0 Å². The molecule has 1 aliphatic carbocycles. The van der Waals surface area contributed by atoms with E-state index in [2.05, 4.69) is 4.72 Å². The van der Waals surface area contributed by atoms with Gasteiger partial charge in [0.15, 0.2) is 0 Å². The van der Waals surface area contributed by atoms with Crippen LogP contribution in [0, 0.1) is 5.92 Å². The van der Waals surface area contributed by atoms with E-state index in [-0.39, 0.29) is 29.1 Å². The van der Waals surface area contributed by atoms with Crippen LogP contribution in [-0.2, 0) is 21.2 Å². The molecule has 236 valence electrons. The number of carbonyl (C=O) groups is 2. The number of hydrogen-bond acceptors (Lipinski definition) is 7. The van der Waals surface area contributed by atoms with Crippen LogP contribution in [-0.4, -0.2) is 43.5 Å². The summed E-state index contributed by atoms with van der Waals surface area (Å²) in [4.78, 5) is 24.9. The third-order valence-electron chi connectivity index (χ3n) is 7.80. The van der Waals surface area contributed by atoms with Gasteiger partial charge < -0.3 is 20.3 Å². The number of carbonyl (C=O) groups excluding carboxylic acids is 2. The Kier molecular flexibility index (Phi) is 11.4. The molecule has 3 aromatic rings. The average Bonchev–Trinajstić information content (AvgIpc) is 2.99. The number of nitrogens with one attached hydrogen (secondary N) is 1. The smallest absolute Gasteiger partial charge is 0.404 e. The van der Waals surface area contributed by atoms with Gasteiger partial charge in [-0.15, -0.1) is 0 Å².